The molecule has 0 aromatic rings. The van der Waals surface area contributed by atoms with Gasteiger partial charge in [-0.15, -0.1) is 0 Å². The maximum atomic E-state index is 13.0. The van der Waals surface area contributed by atoms with Gasteiger partial charge in [0.2, 0.25) is 0 Å². The van der Waals surface area contributed by atoms with E-state index >= 15 is 0 Å². The number of unbranched alkanes of at least 4 members (excludes halogenated alkanes) is 13. The van der Waals surface area contributed by atoms with E-state index in [0.29, 0.717) is 31.9 Å². The highest BCUT2D eigenvalue weighted by molar-refractivity contribution is 7.53. The molecule has 0 saturated carbocycles. The van der Waals surface area contributed by atoms with Crippen LogP contribution in [0.15, 0.2) is 0 Å². The van der Waals surface area contributed by atoms with E-state index in [-0.39, 0.29) is 0 Å². The van der Waals surface area contributed by atoms with E-state index in [1.165, 1.54) is 70.6 Å². The van der Waals surface area contributed by atoms with Crippen LogP contribution in [0.4, 0.5) is 0 Å². The molecule has 0 N–H and O–H groups in total. The summed E-state index contributed by atoms with van der Waals surface area (Å²) in [6.45, 7) is 8.25. The third-order valence-electron chi connectivity index (χ3n) is 5.69. The first kappa shape index (κ1) is 30.1. The van der Waals surface area contributed by atoms with Crippen LogP contribution in [0.5, 0.6) is 0 Å². The lowest BCUT2D eigenvalue weighted by atomic mass is 10.0. The van der Waals surface area contributed by atoms with Gasteiger partial charge in [0.25, 0.3) is 0 Å². The minimum absolute atomic E-state index is 0.333. The fourth-order valence-electron chi connectivity index (χ4n) is 3.48. The average molecular weight is 449 g/mol. The van der Waals surface area contributed by atoms with Crippen LogP contribution in [-0.2, 0) is 18.3 Å². The summed E-state index contributed by atoms with van der Waals surface area (Å²) in [7, 11) is -1.24. The fraction of sp³-hybridized carbons (Fsp3) is 1.00. The zero-order valence-electron chi connectivity index (χ0n) is 20.8. The number of methoxy groups -OCH3 is 1. The first-order valence-electron chi connectivity index (χ1n) is 12.9. The second-order valence-electron chi connectivity index (χ2n) is 8.95. The van der Waals surface area contributed by atoms with Crippen molar-refractivity contribution in [2.45, 2.75) is 124 Å². The molecule has 0 heterocycles. The van der Waals surface area contributed by atoms with E-state index in [1.54, 1.807) is 7.11 Å². The zero-order valence-corrected chi connectivity index (χ0v) is 21.7. The van der Waals surface area contributed by atoms with Gasteiger partial charge in [-0.2, -0.15) is 0 Å². The van der Waals surface area contributed by atoms with Gasteiger partial charge in [0, 0.05) is 13.7 Å². The van der Waals surface area contributed by atoms with Crippen molar-refractivity contribution in [1.29, 1.82) is 0 Å². The van der Waals surface area contributed by atoms with Crippen LogP contribution in [0.25, 0.3) is 0 Å². The van der Waals surface area contributed by atoms with Crippen LogP contribution in [-0.4, -0.2) is 33.1 Å². The van der Waals surface area contributed by atoms with E-state index in [1.807, 2.05) is 0 Å². The molecule has 4 nitrogen and oxygen atoms in total. The fourth-order valence-corrected chi connectivity index (χ4v) is 5.41. The monoisotopic (exact) mass is 448 g/mol. The maximum absolute atomic E-state index is 13.0. The first-order valence-corrected chi connectivity index (χ1v) is 14.7. The van der Waals surface area contributed by atoms with Crippen molar-refractivity contribution in [3.8, 4) is 0 Å². The normalized spacial score (nSPS) is 14.7. The molecule has 0 aromatic heterocycles. The first-order chi connectivity index (χ1) is 14.6. The molecule has 0 rings (SSSR count). The highest BCUT2D eigenvalue weighted by Crippen LogP contribution is 2.49. The third-order valence-corrected chi connectivity index (χ3v) is 7.67. The molecule has 30 heavy (non-hydrogen) atoms. The molecule has 0 spiro atoms. The largest absolute Gasteiger partial charge is 0.385 e. The van der Waals surface area contributed by atoms with Crippen molar-refractivity contribution in [3.63, 3.8) is 0 Å². The predicted molar refractivity (Wildman–Crippen MR) is 131 cm³/mol. The van der Waals surface area contributed by atoms with Gasteiger partial charge in [0.1, 0.15) is 0 Å². The summed E-state index contributed by atoms with van der Waals surface area (Å²) in [5.41, 5.74) is 0. The van der Waals surface area contributed by atoms with Gasteiger partial charge in [-0.3, -0.25) is 4.57 Å². The SMILES string of the molecule is CCCCCCCCCCCCCCCOP(=O)(CCCC)OCC(C)CCOC. The van der Waals surface area contributed by atoms with Crippen LogP contribution in [0.3, 0.4) is 0 Å². The average Bonchev–Trinajstić information content (AvgIpc) is 2.75. The molecule has 0 aromatic carbocycles. The summed E-state index contributed by atoms with van der Waals surface area (Å²) < 4.78 is 29.7. The standard InChI is InChI=1S/C25H53O4P/c1-5-7-9-10-11-12-13-14-15-16-17-18-19-21-28-30(26,23-8-6-2)29-24-25(3)20-22-27-4/h25H,5-24H2,1-4H3. The van der Waals surface area contributed by atoms with E-state index in [4.69, 9.17) is 13.8 Å². The summed E-state index contributed by atoms with van der Waals surface area (Å²) in [5, 5.41) is 0. The van der Waals surface area contributed by atoms with Gasteiger partial charge in [-0.05, 0) is 25.2 Å². The third kappa shape index (κ3) is 20.0. The lowest BCUT2D eigenvalue weighted by Crippen LogP contribution is -2.10. The lowest BCUT2D eigenvalue weighted by Gasteiger charge is -2.20. The summed E-state index contributed by atoms with van der Waals surface area (Å²) in [4.78, 5) is 0. The molecule has 0 aliphatic heterocycles. The smallest absolute Gasteiger partial charge is 0.330 e. The molecule has 2 atom stereocenters. The number of rotatable bonds is 24. The van der Waals surface area contributed by atoms with Crippen LogP contribution in [0.1, 0.15) is 124 Å². The number of hydrogen-bond donors (Lipinski definition) is 0. The Labute approximate surface area is 188 Å². The Morgan fingerprint density at radius 2 is 1.17 bits per heavy atom. The number of ether oxygens (including phenoxy) is 1. The Hall–Kier alpha value is 0.110. The quantitative estimate of drug-likeness (QED) is 0.109. The van der Waals surface area contributed by atoms with E-state index in [2.05, 4.69) is 20.8 Å². The van der Waals surface area contributed by atoms with Crippen LogP contribution >= 0.6 is 7.60 Å². The molecule has 2 unspecified atom stereocenters. The second kappa shape index (κ2) is 22.3. The van der Waals surface area contributed by atoms with Crippen molar-refractivity contribution in [1.82, 2.24) is 0 Å². The van der Waals surface area contributed by atoms with Crippen molar-refractivity contribution < 1.29 is 18.3 Å². The lowest BCUT2D eigenvalue weighted by molar-refractivity contribution is 0.144. The molecule has 0 amide bonds. The van der Waals surface area contributed by atoms with Crippen molar-refractivity contribution in [3.05, 3.63) is 0 Å². The molecule has 182 valence electrons. The predicted octanol–water partition coefficient (Wildman–Crippen LogP) is 8.78. The zero-order chi connectivity index (χ0) is 22.3. The van der Waals surface area contributed by atoms with Crippen LogP contribution in [0.2, 0.25) is 0 Å². The summed E-state index contributed by atoms with van der Waals surface area (Å²) in [5.74, 6) is 0.333. The van der Waals surface area contributed by atoms with E-state index in [9.17, 15) is 4.57 Å². The molecular weight excluding hydrogens is 395 g/mol. The Bertz CT molecular complexity index is 389. The van der Waals surface area contributed by atoms with Gasteiger partial charge in [0.15, 0.2) is 0 Å². The molecule has 0 saturated heterocycles. The van der Waals surface area contributed by atoms with Crippen molar-refractivity contribution in [2.75, 3.05) is 33.1 Å². The molecule has 0 fully saturated rings. The van der Waals surface area contributed by atoms with Gasteiger partial charge in [-0.25, -0.2) is 0 Å². The van der Waals surface area contributed by atoms with Crippen molar-refractivity contribution >= 4 is 7.60 Å². The van der Waals surface area contributed by atoms with E-state index < -0.39 is 7.60 Å². The maximum Gasteiger partial charge on any atom is 0.330 e. The summed E-state index contributed by atoms with van der Waals surface area (Å²) in [6, 6.07) is 0. The number of hydrogen-bond acceptors (Lipinski definition) is 4. The minimum atomic E-state index is -2.95. The van der Waals surface area contributed by atoms with Gasteiger partial charge in [-0.1, -0.05) is 104 Å². The Balaban J connectivity index is 3.72. The summed E-state index contributed by atoms with van der Waals surface area (Å²) >= 11 is 0. The molecule has 0 aliphatic rings. The molecule has 0 bridgehead atoms. The highest BCUT2D eigenvalue weighted by Gasteiger charge is 2.24. The Morgan fingerprint density at radius 1 is 0.667 bits per heavy atom. The Kier molecular flexibility index (Phi) is 22.4. The molecular formula is C25H53O4P. The van der Waals surface area contributed by atoms with Crippen LogP contribution < -0.4 is 0 Å². The topological polar surface area (TPSA) is 44.8 Å². The van der Waals surface area contributed by atoms with Gasteiger partial charge in [0.05, 0.1) is 19.4 Å². The summed E-state index contributed by atoms with van der Waals surface area (Å²) in [6.07, 6.45) is 20.6. The highest BCUT2D eigenvalue weighted by atomic mass is 31.2. The van der Waals surface area contributed by atoms with E-state index in [0.717, 1.165) is 32.1 Å². The molecule has 5 heteroatoms. The minimum Gasteiger partial charge on any atom is -0.385 e. The Morgan fingerprint density at radius 3 is 1.67 bits per heavy atom. The molecule has 0 aliphatic carbocycles. The second-order valence-corrected chi connectivity index (χ2v) is 11.1. The molecule has 0 radical (unpaired) electrons. The van der Waals surface area contributed by atoms with Crippen LogP contribution in [0, 0.1) is 5.92 Å². The van der Waals surface area contributed by atoms with Gasteiger partial charge >= 0.3 is 7.60 Å². The van der Waals surface area contributed by atoms with Crippen molar-refractivity contribution in [2.24, 2.45) is 5.92 Å². The van der Waals surface area contributed by atoms with Gasteiger partial charge < -0.3 is 13.8 Å².